The largest absolute Gasteiger partial charge is 0.0801 e. The van der Waals surface area contributed by atoms with Gasteiger partial charge in [-0.3, -0.25) is 0 Å². The molecule has 2 aliphatic rings. The van der Waals surface area contributed by atoms with Gasteiger partial charge in [-0.1, -0.05) is 84.0 Å². The molecule has 27 heavy (non-hydrogen) atoms. The van der Waals surface area contributed by atoms with Gasteiger partial charge in [0.2, 0.25) is 0 Å². The molecule has 0 aliphatic heterocycles. The topological polar surface area (TPSA) is 0 Å². The maximum Gasteiger partial charge on any atom is -0.00131 e. The van der Waals surface area contributed by atoms with Crippen LogP contribution in [0.2, 0.25) is 0 Å². The number of rotatable bonds is 1. The van der Waals surface area contributed by atoms with E-state index in [1.807, 2.05) is 0 Å². The predicted octanol–water partition coefficient (Wildman–Crippen LogP) is 7.50. The zero-order valence-electron chi connectivity index (χ0n) is 18.0. The van der Waals surface area contributed by atoms with Crippen LogP contribution in [0.4, 0.5) is 0 Å². The van der Waals surface area contributed by atoms with Crippen LogP contribution < -0.4 is 0 Å². The second kappa shape index (κ2) is 5.96. The molecule has 0 spiro atoms. The van der Waals surface area contributed by atoms with E-state index in [2.05, 4.69) is 91.0 Å². The normalized spacial score (nSPS) is 15.7. The molecule has 0 heteroatoms. The Bertz CT molecular complexity index is 982. The molecule has 4 rings (SSSR count). The first kappa shape index (κ1) is 18.3. The highest BCUT2D eigenvalue weighted by atomic mass is 14.3. The fourth-order valence-corrected chi connectivity index (χ4v) is 4.69. The summed E-state index contributed by atoms with van der Waals surface area (Å²) in [4.78, 5) is 0. The van der Waals surface area contributed by atoms with Crippen LogP contribution in [0.5, 0.6) is 0 Å². The van der Waals surface area contributed by atoms with Crippen molar-refractivity contribution >= 4 is 5.57 Å². The fraction of sp³-hybridized carbons (Fsp3) is 0.407. The molecular weight excluding hydrogens is 324 g/mol. The van der Waals surface area contributed by atoms with Crippen LogP contribution in [-0.4, -0.2) is 0 Å². The Morgan fingerprint density at radius 1 is 0.815 bits per heavy atom. The standard InChI is InChI=1S/C27H32/c1-17-24-20(14-19-15-21(26(2,3)4)12-13-22(19)24)16-23(27(5,6)7)25(17)18-10-8-9-11-18/h8-10,12-13,15-16H,11,14H2,1-7H3. The van der Waals surface area contributed by atoms with E-state index in [0.29, 0.717) is 0 Å². The molecule has 140 valence electrons. The molecule has 0 bridgehead atoms. The number of benzene rings is 2. The summed E-state index contributed by atoms with van der Waals surface area (Å²) in [6.45, 7) is 16.3. The van der Waals surface area contributed by atoms with Crippen molar-refractivity contribution in [2.45, 2.75) is 72.1 Å². The molecule has 0 unspecified atom stereocenters. The molecule has 0 atom stereocenters. The van der Waals surface area contributed by atoms with E-state index in [1.165, 1.54) is 50.1 Å². The third-order valence-electron chi connectivity index (χ3n) is 6.18. The van der Waals surface area contributed by atoms with Gasteiger partial charge in [-0.2, -0.15) is 0 Å². The molecule has 2 aromatic rings. The van der Waals surface area contributed by atoms with Crippen LogP contribution in [0.15, 0.2) is 42.5 Å². The summed E-state index contributed by atoms with van der Waals surface area (Å²) in [6, 6.07) is 9.66. The van der Waals surface area contributed by atoms with Gasteiger partial charge in [0.05, 0.1) is 0 Å². The van der Waals surface area contributed by atoms with Gasteiger partial charge in [0.25, 0.3) is 0 Å². The third-order valence-corrected chi connectivity index (χ3v) is 6.18. The number of hydrogen-bond acceptors (Lipinski definition) is 0. The van der Waals surface area contributed by atoms with Crippen LogP contribution in [0.3, 0.4) is 0 Å². The second-order valence-electron chi connectivity index (χ2n) is 10.3. The Kier molecular flexibility index (Phi) is 4.04. The van der Waals surface area contributed by atoms with Gasteiger partial charge >= 0.3 is 0 Å². The van der Waals surface area contributed by atoms with E-state index in [9.17, 15) is 0 Å². The highest BCUT2D eigenvalue weighted by molar-refractivity contribution is 5.87. The fourth-order valence-electron chi connectivity index (χ4n) is 4.69. The summed E-state index contributed by atoms with van der Waals surface area (Å²) in [5.41, 5.74) is 13.6. The Morgan fingerprint density at radius 2 is 1.56 bits per heavy atom. The Balaban J connectivity index is 1.94. The van der Waals surface area contributed by atoms with Crippen LogP contribution in [0.25, 0.3) is 16.7 Å². The summed E-state index contributed by atoms with van der Waals surface area (Å²) >= 11 is 0. The number of allylic oxidation sites excluding steroid dienone is 4. The lowest BCUT2D eigenvalue weighted by Crippen LogP contribution is -2.16. The van der Waals surface area contributed by atoms with Gasteiger partial charge < -0.3 is 0 Å². The smallest absolute Gasteiger partial charge is 0.00131 e. The van der Waals surface area contributed by atoms with Crippen LogP contribution >= 0.6 is 0 Å². The molecule has 2 aromatic carbocycles. The average molecular weight is 357 g/mol. The second-order valence-corrected chi connectivity index (χ2v) is 10.3. The van der Waals surface area contributed by atoms with E-state index in [1.54, 1.807) is 0 Å². The Hall–Kier alpha value is -2.08. The Labute approximate surface area is 165 Å². The maximum absolute atomic E-state index is 2.51. The monoisotopic (exact) mass is 356 g/mol. The van der Waals surface area contributed by atoms with E-state index in [-0.39, 0.29) is 10.8 Å². The minimum Gasteiger partial charge on any atom is -0.0801 e. The molecule has 0 radical (unpaired) electrons. The lowest BCUT2D eigenvalue weighted by atomic mass is 9.77. The quantitative estimate of drug-likeness (QED) is 0.423. The van der Waals surface area contributed by atoms with Gasteiger partial charge in [0.15, 0.2) is 0 Å². The zero-order valence-corrected chi connectivity index (χ0v) is 18.0. The summed E-state index contributed by atoms with van der Waals surface area (Å²) in [5, 5.41) is 0. The average Bonchev–Trinajstić information content (AvgIpc) is 3.19. The lowest BCUT2D eigenvalue weighted by Gasteiger charge is -2.27. The maximum atomic E-state index is 2.51. The van der Waals surface area contributed by atoms with Gasteiger partial charge in [-0.25, -0.2) is 0 Å². The molecule has 0 amide bonds. The van der Waals surface area contributed by atoms with E-state index in [0.717, 1.165) is 12.8 Å². The summed E-state index contributed by atoms with van der Waals surface area (Å²) in [6.07, 6.45) is 8.91. The van der Waals surface area contributed by atoms with E-state index < -0.39 is 0 Å². The molecule has 0 aromatic heterocycles. The SMILES string of the molecule is Cc1c(C2=CC=CC2)c(C(C)(C)C)cc2c1-c1ccc(C(C)(C)C)cc1C2. The van der Waals surface area contributed by atoms with Gasteiger partial charge in [0.1, 0.15) is 0 Å². The van der Waals surface area contributed by atoms with Crippen molar-refractivity contribution in [3.8, 4) is 11.1 Å². The predicted molar refractivity (Wildman–Crippen MR) is 119 cm³/mol. The third kappa shape index (κ3) is 3.00. The highest BCUT2D eigenvalue weighted by Crippen LogP contribution is 2.47. The van der Waals surface area contributed by atoms with Crippen molar-refractivity contribution < 1.29 is 0 Å². The molecule has 2 aliphatic carbocycles. The van der Waals surface area contributed by atoms with Crippen molar-refractivity contribution in [2.75, 3.05) is 0 Å². The van der Waals surface area contributed by atoms with Crippen LogP contribution in [-0.2, 0) is 17.3 Å². The first-order valence-corrected chi connectivity index (χ1v) is 10.2. The molecule has 0 saturated heterocycles. The van der Waals surface area contributed by atoms with Gasteiger partial charge in [-0.15, -0.1) is 0 Å². The molecule has 0 heterocycles. The summed E-state index contributed by atoms with van der Waals surface area (Å²) in [5.74, 6) is 0. The summed E-state index contributed by atoms with van der Waals surface area (Å²) in [7, 11) is 0. The lowest BCUT2D eigenvalue weighted by molar-refractivity contribution is 0.587. The first-order valence-electron chi connectivity index (χ1n) is 10.2. The minimum absolute atomic E-state index is 0.143. The molecule has 0 saturated carbocycles. The Morgan fingerprint density at radius 3 is 2.15 bits per heavy atom. The molecule has 0 N–H and O–H groups in total. The minimum atomic E-state index is 0.143. The van der Waals surface area contributed by atoms with Crippen molar-refractivity contribution in [1.29, 1.82) is 0 Å². The van der Waals surface area contributed by atoms with Crippen LogP contribution in [0, 0.1) is 6.92 Å². The first-order chi connectivity index (χ1) is 12.6. The molecular formula is C27H32. The van der Waals surface area contributed by atoms with Crippen molar-refractivity contribution in [3.63, 3.8) is 0 Å². The van der Waals surface area contributed by atoms with E-state index >= 15 is 0 Å². The van der Waals surface area contributed by atoms with Crippen molar-refractivity contribution in [2.24, 2.45) is 0 Å². The van der Waals surface area contributed by atoms with E-state index in [4.69, 9.17) is 0 Å². The molecule has 0 fully saturated rings. The highest BCUT2D eigenvalue weighted by Gasteiger charge is 2.30. The van der Waals surface area contributed by atoms with Crippen molar-refractivity contribution in [1.82, 2.24) is 0 Å². The van der Waals surface area contributed by atoms with Crippen molar-refractivity contribution in [3.05, 3.63) is 75.9 Å². The molecule has 0 nitrogen and oxygen atoms in total. The van der Waals surface area contributed by atoms with Gasteiger partial charge in [-0.05, 0) is 80.7 Å². The number of fused-ring (bicyclic) bond motifs is 3. The zero-order chi connectivity index (χ0) is 19.6. The van der Waals surface area contributed by atoms with Gasteiger partial charge in [0, 0.05) is 0 Å². The summed E-state index contributed by atoms with van der Waals surface area (Å²) < 4.78 is 0. The van der Waals surface area contributed by atoms with Crippen LogP contribution in [0.1, 0.15) is 81.3 Å². The number of hydrogen-bond donors (Lipinski definition) is 0.